The van der Waals surface area contributed by atoms with E-state index in [1.807, 2.05) is 13.0 Å². The molecule has 0 fully saturated rings. The van der Waals surface area contributed by atoms with Crippen LogP contribution in [0.1, 0.15) is 11.3 Å². The van der Waals surface area contributed by atoms with E-state index in [0.717, 1.165) is 26.8 Å². The van der Waals surface area contributed by atoms with Crippen molar-refractivity contribution in [2.45, 2.75) is 6.92 Å². The molecule has 4 aromatic rings. The maximum Gasteiger partial charge on any atom is 0.143 e. The van der Waals surface area contributed by atoms with Crippen LogP contribution in [0.15, 0.2) is 70.1 Å². The number of benzene rings is 3. The first-order valence-electron chi connectivity index (χ1n) is 7.52. The van der Waals surface area contributed by atoms with Crippen molar-refractivity contribution in [3.63, 3.8) is 0 Å². The smallest absolute Gasteiger partial charge is 0.143 e. The predicted molar refractivity (Wildman–Crippen MR) is 103 cm³/mol. The zero-order valence-corrected chi connectivity index (χ0v) is 14.4. The highest BCUT2D eigenvalue weighted by Gasteiger charge is 2.16. The summed E-state index contributed by atoms with van der Waals surface area (Å²) in [5.41, 5.74) is 2.07. The van der Waals surface area contributed by atoms with Gasteiger partial charge in [0.25, 0.3) is 0 Å². The lowest BCUT2D eigenvalue weighted by Gasteiger charge is -2.06. The van der Waals surface area contributed by atoms with Crippen LogP contribution in [-0.4, -0.2) is 0 Å². The van der Waals surface area contributed by atoms with E-state index in [1.54, 1.807) is 0 Å². The molecule has 0 atom stereocenters. The first-order chi connectivity index (χ1) is 11.2. The summed E-state index contributed by atoms with van der Waals surface area (Å²) in [6.07, 6.45) is 4.03. The molecule has 1 nitrogen and oxygen atoms in total. The fourth-order valence-corrected chi connectivity index (χ4v) is 3.37. The molecule has 0 aliphatic rings. The first kappa shape index (κ1) is 14.3. The fraction of sp³-hybridized carbons (Fsp3) is 0.0476. The van der Waals surface area contributed by atoms with E-state index in [9.17, 15) is 0 Å². The van der Waals surface area contributed by atoms with E-state index >= 15 is 0 Å². The Balaban J connectivity index is 2.26. The predicted octanol–water partition coefficient (Wildman–Crippen LogP) is 6.97. The van der Waals surface area contributed by atoms with E-state index in [4.69, 9.17) is 4.42 Å². The molecule has 4 rings (SSSR count). The molecule has 3 aromatic carbocycles. The molecular formula is C21H15BrO. The van der Waals surface area contributed by atoms with Crippen molar-refractivity contribution in [1.29, 1.82) is 0 Å². The lowest BCUT2D eigenvalue weighted by atomic mass is 9.96. The number of furan rings is 1. The van der Waals surface area contributed by atoms with Crippen molar-refractivity contribution in [3.05, 3.63) is 77.0 Å². The molecule has 0 aliphatic carbocycles. The Kier molecular flexibility index (Phi) is 3.35. The Morgan fingerprint density at radius 2 is 1.52 bits per heavy atom. The van der Waals surface area contributed by atoms with Crippen LogP contribution in [0.5, 0.6) is 0 Å². The maximum absolute atomic E-state index is 6.16. The summed E-state index contributed by atoms with van der Waals surface area (Å²) < 4.78 is 7.00. The van der Waals surface area contributed by atoms with Crippen LogP contribution < -0.4 is 0 Å². The van der Waals surface area contributed by atoms with E-state index < -0.39 is 0 Å². The molecule has 0 spiro atoms. The van der Waals surface area contributed by atoms with Gasteiger partial charge in [-0.15, -0.1) is 0 Å². The minimum Gasteiger partial charge on any atom is -0.460 e. The van der Waals surface area contributed by atoms with Crippen molar-refractivity contribution in [3.8, 4) is 0 Å². The monoisotopic (exact) mass is 362 g/mol. The van der Waals surface area contributed by atoms with Crippen LogP contribution >= 0.6 is 15.9 Å². The van der Waals surface area contributed by atoms with Crippen molar-refractivity contribution < 1.29 is 4.42 Å². The van der Waals surface area contributed by atoms with Gasteiger partial charge in [-0.1, -0.05) is 71.0 Å². The Labute approximate surface area is 143 Å². The summed E-state index contributed by atoms with van der Waals surface area (Å²) in [5, 5.41) is 6.02. The highest BCUT2D eigenvalue weighted by molar-refractivity contribution is 9.11. The van der Waals surface area contributed by atoms with Crippen LogP contribution in [0.25, 0.3) is 38.6 Å². The Morgan fingerprint density at radius 1 is 0.957 bits per heavy atom. The average Bonchev–Trinajstić information content (AvgIpc) is 2.90. The molecule has 0 saturated carbocycles. The van der Waals surface area contributed by atoms with Crippen molar-refractivity contribution in [1.82, 2.24) is 0 Å². The number of rotatable bonds is 2. The molecule has 0 unspecified atom stereocenters. The third-order valence-corrected chi connectivity index (χ3v) is 4.48. The van der Waals surface area contributed by atoms with E-state index in [1.165, 1.54) is 21.5 Å². The molecule has 0 saturated heterocycles. The van der Waals surface area contributed by atoms with Crippen molar-refractivity contribution >= 4 is 54.5 Å². The van der Waals surface area contributed by atoms with Gasteiger partial charge in [-0.3, -0.25) is 0 Å². The van der Waals surface area contributed by atoms with Gasteiger partial charge >= 0.3 is 0 Å². The van der Waals surface area contributed by atoms with E-state index in [0.29, 0.717) is 0 Å². The molecule has 1 aromatic heterocycles. The minimum absolute atomic E-state index is 0.844. The van der Waals surface area contributed by atoms with Gasteiger partial charge in [0.05, 0.1) is 0 Å². The summed E-state index contributed by atoms with van der Waals surface area (Å²) in [7, 11) is 0. The summed E-state index contributed by atoms with van der Waals surface area (Å²) in [6.45, 7) is 5.89. The fourth-order valence-electron chi connectivity index (χ4n) is 3.24. The van der Waals surface area contributed by atoms with Crippen LogP contribution in [0, 0.1) is 6.92 Å². The molecule has 2 heteroatoms. The van der Waals surface area contributed by atoms with Gasteiger partial charge in [-0.2, -0.15) is 0 Å². The van der Waals surface area contributed by atoms with Gasteiger partial charge in [0, 0.05) is 20.8 Å². The number of hydrogen-bond donors (Lipinski definition) is 0. The number of halogens is 1. The number of allylic oxidation sites excluding steroid dienone is 2. The molecule has 0 N–H and O–H groups in total. The van der Waals surface area contributed by atoms with Crippen molar-refractivity contribution in [2.75, 3.05) is 0 Å². The molecule has 112 valence electrons. The van der Waals surface area contributed by atoms with Crippen LogP contribution in [0.2, 0.25) is 0 Å². The average molecular weight is 363 g/mol. The molecule has 23 heavy (non-hydrogen) atoms. The second-order valence-electron chi connectivity index (χ2n) is 5.65. The highest BCUT2D eigenvalue weighted by atomic mass is 79.9. The summed E-state index contributed by atoms with van der Waals surface area (Å²) in [6, 6.07) is 16.9. The van der Waals surface area contributed by atoms with Crippen LogP contribution in [-0.2, 0) is 0 Å². The van der Waals surface area contributed by atoms with Gasteiger partial charge in [0.1, 0.15) is 11.3 Å². The second-order valence-corrected chi connectivity index (χ2v) is 6.67. The van der Waals surface area contributed by atoms with Gasteiger partial charge in [0.2, 0.25) is 0 Å². The molecule has 0 aliphatic heterocycles. The zero-order chi connectivity index (χ0) is 16.0. The minimum atomic E-state index is 0.844. The van der Waals surface area contributed by atoms with Gasteiger partial charge < -0.3 is 4.42 Å². The lowest BCUT2D eigenvalue weighted by Crippen LogP contribution is -1.81. The number of fused-ring (bicyclic) bond motifs is 6. The Hall–Kier alpha value is -2.32. The topological polar surface area (TPSA) is 13.1 Å². The maximum atomic E-state index is 6.16. The standard InChI is InChI=1S/C21H15BrO/c1-13(22)11-12-15-14(2)23-21-19-10-6-4-8-17(19)16-7-3-5-9-18(16)20(15)21/h3-12H,1H2,2H3/b12-11-. The van der Waals surface area contributed by atoms with E-state index in [2.05, 4.69) is 77.1 Å². The third kappa shape index (κ3) is 2.22. The lowest BCUT2D eigenvalue weighted by molar-refractivity contribution is 0.580. The quantitative estimate of drug-likeness (QED) is 0.277. The summed E-state index contributed by atoms with van der Waals surface area (Å²) >= 11 is 3.39. The largest absolute Gasteiger partial charge is 0.460 e. The number of hydrogen-bond acceptors (Lipinski definition) is 1. The van der Waals surface area contributed by atoms with Gasteiger partial charge in [-0.25, -0.2) is 0 Å². The Morgan fingerprint density at radius 3 is 2.17 bits per heavy atom. The van der Waals surface area contributed by atoms with Gasteiger partial charge in [-0.05, 0) is 35.2 Å². The van der Waals surface area contributed by atoms with Crippen LogP contribution in [0.4, 0.5) is 0 Å². The first-order valence-corrected chi connectivity index (χ1v) is 8.31. The molecule has 0 radical (unpaired) electrons. The van der Waals surface area contributed by atoms with Gasteiger partial charge in [0.15, 0.2) is 0 Å². The summed E-state index contributed by atoms with van der Waals surface area (Å²) in [4.78, 5) is 0. The van der Waals surface area contributed by atoms with Crippen molar-refractivity contribution in [2.24, 2.45) is 0 Å². The van der Waals surface area contributed by atoms with E-state index in [-0.39, 0.29) is 0 Å². The highest BCUT2D eigenvalue weighted by Crippen LogP contribution is 2.39. The molecule has 1 heterocycles. The summed E-state index contributed by atoms with van der Waals surface area (Å²) in [5.74, 6) is 0.923. The third-order valence-electron chi connectivity index (χ3n) is 4.22. The Bertz CT molecular complexity index is 1100. The molecule has 0 amide bonds. The SMILES string of the molecule is C=C(Br)/C=C\c1c(C)oc2c3ccccc3c3ccccc3c12. The second kappa shape index (κ2) is 5.39. The zero-order valence-electron chi connectivity index (χ0n) is 12.8. The van der Waals surface area contributed by atoms with Crippen LogP contribution in [0.3, 0.4) is 0 Å². The number of aryl methyl sites for hydroxylation is 1. The normalized spacial score (nSPS) is 11.9. The molecular weight excluding hydrogens is 348 g/mol. The molecule has 0 bridgehead atoms.